The predicted molar refractivity (Wildman–Crippen MR) is 67.2 cm³/mol. The molecule has 1 saturated carbocycles. The van der Waals surface area contributed by atoms with E-state index < -0.39 is 0 Å². The summed E-state index contributed by atoms with van der Waals surface area (Å²) in [5.41, 5.74) is 3.21. The Morgan fingerprint density at radius 2 is 2.28 bits per heavy atom. The minimum Gasteiger partial charge on any atom is -0.359 e. The second kappa shape index (κ2) is 4.57. The van der Waals surface area contributed by atoms with Gasteiger partial charge in [-0.1, -0.05) is 5.16 Å². The van der Waals surface area contributed by atoms with Crippen molar-refractivity contribution in [3.8, 4) is 0 Å². The van der Waals surface area contributed by atoms with E-state index in [1.54, 1.807) is 0 Å². The van der Waals surface area contributed by atoms with Crippen LogP contribution in [0.1, 0.15) is 35.7 Å². The molecule has 0 aliphatic heterocycles. The number of aromatic nitrogens is 3. The largest absolute Gasteiger partial charge is 0.359 e. The molecule has 0 bridgehead atoms. The summed E-state index contributed by atoms with van der Waals surface area (Å²) in [6, 6.07) is 2.72. The standard InChI is InChI=1S/C13H18N4O/c1-9-10(2)17(8-15-9)7-13-5-12(16-18-13)6-14-11-3-4-11/h5,8,11,14H,3-4,6-7H2,1-2H3. The zero-order valence-electron chi connectivity index (χ0n) is 10.8. The Bertz CT molecular complexity index is 539. The fourth-order valence-corrected chi connectivity index (χ4v) is 1.92. The Labute approximate surface area is 106 Å². The molecular weight excluding hydrogens is 228 g/mol. The molecule has 1 N–H and O–H groups in total. The molecule has 1 fully saturated rings. The van der Waals surface area contributed by atoms with Gasteiger partial charge in [0, 0.05) is 24.3 Å². The molecule has 5 nitrogen and oxygen atoms in total. The van der Waals surface area contributed by atoms with Gasteiger partial charge in [0.1, 0.15) is 0 Å². The maximum absolute atomic E-state index is 5.35. The number of nitrogens with one attached hydrogen (secondary N) is 1. The van der Waals surface area contributed by atoms with Crippen LogP contribution in [-0.2, 0) is 13.1 Å². The Hall–Kier alpha value is -1.62. The van der Waals surface area contributed by atoms with Crippen LogP contribution in [-0.4, -0.2) is 20.7 Å². The van der Waals surface area contributed by atoms with Crippen molar-refractivity contribution in [2.75, 3.05) is 0 Å². The molecule has 0 amide bonds. The number of rotatable bonds is 5. The zero-order chi connectivity index (χ0) is 12.5. The van der Waals surface area contributed by atoms with Crippen LogP contribution in [0.5, 0.6) is 0 Å². The normalized spacial score (nSPS) is 15.2. The van der Waals surface area contributed by atoms with Gasteiger partial charge in [0.25, 0.3) is 0 Å². The van der Waals surface area contributed by atoms with Crippen LogP contribution in [0.4, 0.5) is 0 Å². The molecule has 0 saturated heterocycles. The van der Waals surface area contributed by atoms with Crippen LogP contribution in [0.15, 0.2) is 16.9 Å². The van der Waals surface area contributed by atoms with E-state index in [0.717, 1.165) is 23.7 Å². The maximum atomic E-state index is 5.35. The van der Waals surface area contributed by atoms with Crippen LogP contribution in [0.3, 0.4) is 0 Å². The molecule has 1 aliphatic rings. The lowest BCUT2D eigenvalue weighted by Gasteiger charge is -2.01. The third-order valence-electron chi connectivity index (χ3n) is 3.43. The smallest absolute Gasteiger partial charge is 0.156 e. The third-order valence-corrected chi connectivity index (χ3v) is 3.43. The first-order valence-corrected chi connectivity index (χ1v) is 6.38. The predicted octanol–water partition coefficient (Wildman–Crippen LogP) is 1.79. The van der Waals surface area contributed by atoms with Crippen LogP contribution in [0, 0.1) is 13.8 Å². The molecule has 18 heavy (non-hydrogen) atoms. The van der Waals surface area contributed by atoms with E-state index in [-0.39, 0.29) is 0 Å². The van der Waals surface area contributed by atoms with Crippen molar-refractivity contribution in [1.29, 1.82) is 0 Å². The van der Waals surface area contributed by atoms with Crippen LogP contribution in [0.25, 0.3) is 0 Å². The lowest BCUT2D eigenvalue weighted by molar-refractivity contribution is 0.368. The molecule has 96 valence electrons. The molecule has 0 aromatic carbocycles. The number of nitrogens with zero attached hydrogens (tertiary/aromatic N) is 3. The van der Waals surface area contributed by atoms with Gasteiger partial charge in [0.05, 0.1) is 24.3 Å². The van der Waals surface area contributed by atoms with E-state index in [4.69, 9.17) is 4.52 Å². The van der Waals surface area contributed by atoms with Gasteiger partial charge in [0.15, 0.2) is 5.76 Å². The summed E-state index contributed by atoms with van der Waals surface area (Å²) in [6.07, 6.45) is 4.42. The highest BCUT2D eigenvalue weighted by Crippen LogP contribution is 2.19. The summed E-state index contributed by atoms with van der Waals surface area (Å²) in [6.45, 7) is 5.57. The highest BCUT2D eigenvalue weighted by molar-refractivity contribution is 5.12. The van der Waals surface area contributed by atoms with Gasteiger partial charge in [-0.25, -0.2) is 4.98 Å². The van der Waals surface area contributed by atoms with E-state index in [9.17, 15) is 0 Å². The van der Waals surface area contributed by atoms with Gasteiger partial charge in [-0.3, -0.25) is 0 Å². The van der Waals surface area contributed by atoms with Gasteiger partial charge < -0.3 is 14.4 Å². The zero-order valence-corrected chi connectivity index (χ0v) is 10.8. The van der Waals surface area contributed by atoms with Crippen molar-refractivity contribution in [3.05, 3.63) is 35.2 Å². The summed E-state index contributed by atoms with van der Waals surface area (Å²) < 4.78 is 7.42. The summed E-state index contributed by atoms with van der Waals surface area (Å²) in [4.78, 5) is 4.28. The SMILES string of the molecule is Cc1ncn(Cc2cc(CNC3CC3)no2)c1C. The average molecular weight is 246 g/mol. The van der Waals surface area contributed by atoms with E-state index in [0.29, 0.717) is 12.6 Å². The van der Waals surface area contributed by atoms with Crippen molar-refractivity contribution in [2.24, 2.45) is 0 Å². The molecule has 1 aliphatic carbocycles. The molecular formula is C13H18N4O. The van der Waals surface area contributed by atoms with Crippen molar-refractivity contribution in [2.45, 2.75) is 45.8 Å². The Kier molecular flexibility index (Phi) is 2.91. The molecule has 0 unspecified atom stereocenters. The number of imidazole rings is 1. The molecule has 0 radical (unpaired) electrons. The number of hydrogen-bond acceptors (Lipinski definition) is 4. The second-order valence-corrected chi connectivity index (χ2v) is 4.98. The van der Waals surface area contributed by atoms with Crippen LogP contribution in [0.2, 0.25) is 0 Å². The number of aryl methyl sites for hydroxylation is 1. The van der Waals surface area contributed by atoms with Crippen molar-refractivity contribution < 1.29 is 4.52 Å². The van der Waals surface area contributed by atoms with Gasteiger partial charge in [-0.15, -0.1) is 0 Å². The lowest BCUT2D eigenvalue weighted by Crippen LogP contribution is -2.15. The minimum atomic E-state index is 0.698. The first-order valence-electron chi connectivity index (χ1n) is 6.38. The fourth-order valence-electron chi connectivity index (χ4n) is 1.92. The van der Waals surface area contributed by atoms with Gasteiger partial charge in [-0.2, -0.15) is 0 Å². The monoisotopic (exact) mass is 246 g/mol. The highest BCUT2D eigenvalue weighted by Gasteiger charge is 2.20. The van der Waals surface area contributed by atoms with Gasteiger partial charge in [-0.05, 0) is 26.7 Å². The van der Waals surface area contributed by atoms with Crippen molar-refractivity contribution in [1.82, 2.24) is 20.0 Å². The number of hydrogen-bond donors (Lipinski definition) is 1. The van der Waals surface area contributed by atoms with Gasteiger partial charge >= 0.3 is 0 Å². The molecule has 0 spiro atoms. The summed E-state index contributed by atoms with van der Waals surface area (Å²) >= 11 is 0. The minimum absolute atomic E-state index is 0.698. The summed E-state index contributed by atoms with van der Waals surface area (Å²) in [5, 5.41) is 7.50. The molecule has 0 atom stereocenters. The topological polar surface area (TPSA) is 55.9 Å². The highest BCUT2D eigenvalue weighted by atomic mass is 16.5. The molecule has 2 aromatic rings. The molecule has 2 aromatic heterocycles. The fraction of sp³-hybridized carbons (Fsp3) is 0.538. The van der Waals surface area contributed by atoms with E-state index in [1.165, 1.54) is 18.5 Å². The Morgan fingerprint density at radius 3 is 2.94 bits per heavy atom. The van der Waals surface area contributed by atoms with E-state index >= 15 is 0 Å². The van der Waals surface area contributed by atoms with Crippen LogP contribution < -0.4 is 5.32 Å². The third kappa shape index (κ3) is 2.46. The van der Waals surface area contributed by atoms with Gasteiger partial charge in [0.2, 0.25) is 0 Å². The maximum Gasteiger partial charge on any atom is 0.156 e. The Balaban J connectivity index is 1.63. The van der Waals surface area contributed by atoms with E-state index in [2.05, 4.69) is 26.9 Å². The molecule has 5 heteroatoms. The molecule has 3 rings (SSSR count). The van der Waals surface area contributed by atoms with Crippen molar-refractivity contribution in [3.63, 3.8) is 0 Å². The summed E-state index contributed by atoms with van der Waals surface area (Å²) in [7, 11) is 0. The Morgan fingerprint density at radius 1 is 1.44 bits per heavy atom. The average Bonchev–Trinajstić information content (AvgIpc) is 3.02. The molecule has 2 heterocycles. The van der Waals surface area contributed by atoms with Crippen LogP contribution >= 0.6 is 0 Å². The van der Waals surface area contributed by atoms with Crippen molar-refractivity contribution >= 4 is 0 Å². The quantitative estimate of drug-likeness (QED) is 0.874. The van der Waals surface area contributed by atoms with E-state index in [1.807, 2.05) is 19.3 Å². The second-order valence-electron chi connectivity index (χ2n) is 4.98. The first-order chi connectivity index (χ1) is 8.72. The summed E-state index contributed by atoms with van der Waals surface area (Å²) in [5.74, 6) is 0.878. The first kappa shape index (κ1) is 11.5. The lowest BCUT2D eigenvalue weighted by atomic mass is 10.3.